The van der Waals surface area contributed by atoms with Gasteiger partial charge in [-0.15, -0.1) is 12.4 Å². The van der Waals surface area contributed by atoms with Gasteiger partial charge in [-0.25, -0.2) is 0 Å². The molecule has 0 saturated carbocycles. The van der Waals surface area contributed by atoms with Crippen LogP contribution in [0, 0.1) is 0 Å². The third-order valence-corrected chi connectivity index (χ3v) is 1.05. The Morgan fingerprint density at radius 3 is 2.36 bits per heavy atom. The number of phenolic OH excluding ortho intramolecular Hbond substituents is 1. The van der Waals surface area contributed by atoms with Gasteiger partial charge >= 0.3 is 0 Å². The maximum absolute atomic E-state index is 8.86. The quantitative estimate of drug-likeness (QED) is 0.675. The van der Waals surface area contributed by atoms with Crippen LogP contribution in [0.1, 0.15) is 0 Å². The molecule has 1 N–H and O–H groups in total. The van der Waals surface area contributed by atoms with Crippen LogP contribution < -0.4 is 4.74 Å². The van der Waals surface area contributed by atoms with Crippen molar-refractivity contribution < 1.29 is 9.84 Å². The van der Waals surface area contributed by atoms with Crippen molar-refractivity contribution in [3.05, 3.63) is 24.3 Å². The Balaban J connectivity index is 0. The Kier molecular flexibility index (Phi) is 7.66. The molecular formula is C7H9AlClO2. The van der Waals surface area contributed by atoms with Gasteiger partial charge in [-0.1, -0.05) is 6.07 Å². The normalized spacial score (nSPS) is 7.36. The number of hydrogen-bond acceptors (Lipinski definition) is 2. The molecule has 0 aliphatic carbocycles. The van der Waals surface area contributed by atoms with E-state index in [1.807, 2.05) is 0 Å². The highest BCUT2D eigenvalue weighted by atomic mass is 35.5. The van der Waals surface area contributed by atoms with E-state index in [0.29, 0.717) is 5.75 Å². The van der Waals surface area contributed by atoms with Crippen molar-refractivity contribution in [3.63, 3.8) is 0 Å². The van der Waals surface area contributed by atoms with Crippen LogP contribution in [0.25, 0.3) is 0 Å². The fourth-order valence-electron chi connectivity index (χ4n) is 0.610. The number of phenols is 1. The lowest BCUT2D eigenvalue weighted by molar-refractivity contribution is 0.407. The number of rotatable bonds is 1. The van der Waals surface area contributed by atoms with Gasteiger partial charge in [0.15, 0.2) is 0 Å². The van der Waals surface area contributed by atoms with E-state index in [4.69, 9.17) is 9.84 Å². The average molecular weight is 188 g/mol. The van der Waals surface area contributed by atoms with Gasteiger partial charge in [0.1, 0.15) is 11.5 Å². The van der Waals surface area contributed by atoms with Crippen LogP contribution in [0.15, 0.2) is 24.3 Å². The van der Waals surface area contributed by atoms with E-state index in [0.717, 1.165) is 0 Å². The summed E-state index contributed by atoms with van der Waals surface area (Å²) in [4.78, 5) is 0. The molecule has 0 bridgehead atoms. The summed E-state index contributed by atoms with van der Waals surface area (Å²) in [5.74, 6) is 0.907. The second-order valence-electron chi connectivity index (χ2n) is 1.70. The minimum atomic E-state index is 0. The molecule has 0 aliphatic rings. The van der Waals surface area contributed by atoms with E-state index in [9.17, 15) is 0 Å². The monoisotopic (exact) mass is 187 g/mol. The molecule has 1 rings (SSSR count). The first kappa shape index (κ1) is 13.2. The van der Waals surface area contributed by atoms with E-state index < -0.39 is 0 Å². The van der Waals surface area contributed by atoms with Gasteiger partial charge in [0, 0.05) is 23.4 Å². The molecule has 0 atom stereocenters. The van der Waals surface area contributed by atoms with Gasteiger partial charge in [-0.3, -0.25) is 0 Å². The van der Waals surface area contributed by atoms with Crippen molar-refractivity contribution >= 4 is 29.8 Å². The molecule has 59 valence electrons. The lowest BCUT2D eigenvalue weighted by atomic mass is 10.3. The van der Waals surface area contributed by atoms with Crippen molar-refractivity contribution in [1.29, 1.82) is 0 Å². The minimum Gasteiger partial charge on any atom is -0.508 e. The van der Waals surface area contributed by atoms with Crippen LogP contribution in [0.2, 0.25) is 0 Å². The molecule has 0 amide bonds. The van der Waals surface area contributed by atoms with E-state index >= 15 is 0 Å². The number of benzene rings is 1. The summed E-state index contributed by atoms with van der Waals surface area (Å²) < 4.78 is 4.84. The van der Waals surface area contributed by atoms with Gasteiger partial charge in [0.05, 0.1) is 7.11 Å². The third-order valence-electron chi connectivity index (χ3n) is 1.05. The van der Waals surface area contributed by atoms with Crippen molar-refractivity contribution in [2.45, 2.75) is 0 Å². The molecule has 4 heteroatoms. The van der Waals surface area contributed by atoms with Crippen molar-refractivity contribution in [2.24, 2.45) is 0 Å². The molecule has 3 radical (unpaired) electrons. The summed E-state index contributed by atoms with van der Waals surface area (Å²) >= 11 is 0. The van der Waals surface area contributed by atoms with E-state index in [1.54, 1.807) is 31.4 Å². The largest absolute Gasteiger partial charge is 0.508 e. The fourth-order valence-corrected chi connectivity index (χ4v) is 0.610. The molecule has 2 nitrogen and oxygen atoms in total. The molecule has 1 aromatic carbocycles. The van der Waals surface area contributed by atoms with Crippen molar-refractivity contribution in [3.8, 4) is 11.5 Å². The number of hydrogen-bond donors (Lipinski definition) is 1. The first-order valence-corrected chi connectivity index (χ1v) is 2.66. The first-order chi connectivity index (χ1) is 4.33. The zero-order chi connectivity index (χ0) is 6.69. The van der Waals surface area contributed by atoms with E-state index in [-0.39, 0.29) is 35.5 Å². The maximum atomic E-state index is 8.86. The predicted octanol–water partition coefficient (Wildman–Crippen LogP) is 1.44. The van der Waals surface area contributed by atoms with Crippen LogP contribution in [0.5, 0.6) is 11.5 Å². The molecule has 0 fully saturated rings. The lowest BCUT2D eigenvalue weighted by Crippen LogP contribution is -1.79. The van der Waals surface area contributed by atoms with Gasteiger partial charge in [-0.05, 0) is 12.1 Å². The molecule has 1 aromatic rings. The molecule has 0 aliphatic heterocycles. The summed E-state index contributed by atoms with van der Waals surface area (Å²) in [6.07, 6.45) is 0. The topological polar surface area (TPSA) is 29.5 Å². The Labute approximate surface area is 82.7 Å². The van der Waals surface area contributed by atoms with E-state index in [1.165, 1.54) is 0 Å². The zero-order valence-electron chi connectivity index (χ0n) is 6.15. The molecule has 0 aromatic heterocycles. The van der Waals surface area contributed by atoms with Crippen molar-refractivity contribution in [1.82, 2.24) is 0 Å². The van der Waals surface area contributed by atoms with Crippen molar-refractivity contribution in [2.75, 3.05) is 7.11 Å². The summed E-state index contributed by atoms with van der Waals surface area (Å²) in [7, 11) is 1.56. The van der Waals surface area contributed by atoms with Gasteiger partial charge in [0.2, 0.25) is 0 Å². The zero-order valence-corrected chi connectivity index (χ0v) is 8.12. The molecule has 0 unspecified atom stereocenters. The van der Waals surface area contributed by atoms with Gasteiger partial charge in [-0.2, -0.15) is 0 Å². The third kappa shape index (κ3) is 4.15. The average Bonchev–Trinajstić information content (AvgIpc) is 1.88. The van der Waals surface area contributed by atoms with Gasteiger partial charge in [0.25, 0.3) is 0 Å². The Morgan fingerprint density at radius 2 is 2.00 bits per heavy atom. The fraction of sp³-hybridized carbons (Fsp3) is 0.143. The molecule has 0 saturated heterocycles. The van der Waals surface area contributed by atoms with Crippen LogP contribution >= 0.6 is 12.4 Å². The number of methoxy groups -OCH3 is 1. The maximum Gasteiger partial charge on any atom is 0.122 e. The smallest absolute Gasteiger partial charge is 0.122 e. The second-order valence-corrected chi connectivity index (χ2v) is 1.70. The molecule has 0 spiro atoms. The summed E-state index contributed by atoms with van der Waals surface area (Å²) in [5, 5.41) is 8.86. The Hall–Kier alpha value is -0.358. The summed E-state index contributed by atoms with van der Waals surface area (Å²) in [6, 6.07) is 6.66. The molecule has 11 heavy (non-hydrogen) atoms. The molecular weight excluding hydrogens is 179 g/mol. The second kappa shape index (κ2) is 6.36. The number of halogens is 1. The first-order valence-electron chi connectivity index (χ1n) is 2.66. The number of ether oxygens (including phenoxy) is 1. The Morgan fingerprint density at radius 1 is 1.36 bits per heavy atom. The lowest BCUT2D eigenvalue weighted by Gasteiger charge is -1.97. The highest BCUT2D eigenvalue weighted by Crippen LogP contribution is 2.16. The van der Waals surface area contributed by atoms with Crippen LogP contribution in [0.3, 0.4) is 0 Å². The van der Waals surface area contributed by atoms with Gasteiger partial charge < -0.3 is 9.84 Å². The molecule has 0 heterocycles. The summed E-state index contributed by atoms with van der Waals surface area (Å²) in [6.45, 7) is 0. The standard InChI is InChI=1S/C7H8O2.Al.ClH/c1-9-7-4-2-3-6(8)5-7;;/h2-5,8H,1H3;;1H. The van der Waals surface area contributed by atoms with Crippen LogP contribution in [-0.4, -0.2) is 29.6 Å². The highest BCUT2D eigenvalue weighted by Gasteiger charge is 1.88. The SMILES string of the molecule is COc1cccc(O)c1.Cl.[Al]. The predicted molar refractivity (Wildman–Crippen MR) is 47.7 cm³/mol. The Bertz CT molecular complexity index is 205. The highest BCUT2D eigenvalue weighted by molar-refractivity contribution is 5.85. The van der Waals surface area contributed by atoms with Crippen LogP contribution in [-0.2, 0) is 0 Å². The van der Waals surface area contributed by atoms with E-state index in [2.05, 4.69) is 0 Å². The minimum absolute atomic E-state index is 0. The van der Waals surface area contributed by atoms with Crippen LogP contribution in [0.4, 0.5) is 0 Å². The summed E-state index contributed by atoms with van der Waals surface area (Å²) in [5.41, 5.74) is 0. The number of aromatic hydroxyl groups is 1.